The Morgan fingerprint density at radius 2 is 1.67 bits per heavy atom. The molecular weight excluding hydrogens is 550 g/mol. The van der Waals surface area contributed by atoms with Crippen molar-refractivity contribution < 1.29 is 22.7 Å². The van der Waals surface area contributed by atoms with Gasteiger partial charge in [-0.25, -0.2) is 12.7 Å². The van der Waals surface area contributed by atoms with Gasteiger partial charge in [-0.05, 0) is 106 Å². The SMILES string of the molecule is COC[C@@H]1[C@@H](C2CCC(C3CCCC(C)C3C)CC2)C2CN(S(=O)(=O)C3CC4OCC(=O)NC4CC3C)CCCCN21. The molecule has 6 rings (SSSR count). The first kappa shape index (κ1) is 31.3. The minimum absolute atomic E-state index is 0.0154. The molecule has 9 heteroatoms. The lowest BCUT2D eigenvalue weighted by molar-refractivity contribution is -0.139. The Balaban J connectivity index is 1.15. The van der Waals surface area contributed by atoms with E-state index in [0.717, 1.165) is 49.7 Å². The zero-order chi connectivity index (χ0) is 29.6. The Morgan fingerprint density at radius 3 is 2.43 bits per heavy atom. The van der Waals surface area contributed by atoms with Crippen LogP contribution in [0.3, 0.4) is 0 Å². The first-order valence-corrected chi connectivity index (χ1v) is 18.8. The quantitative estimate of drug-likeness (QED) is 0.485. The monoisotopic (exact) mass is 607 g/mol. The van der Waals surface area contributed by atoms with Crippen LogP contribution in [-0.4, -0.2) is 93.0 Å². The number of nitrogens with one attached hydrogen (secondary N) is 1. The molecule has 0 spiro atoms. The molecule has 3 saturated heterocycles. The summed E-state index contributed by atoms with van der Waals surface area (Å²) in [4.78, 5) is 14.5. The molecular formula is C33H57N3O5S. The Hall–Kier alpha value is -0.740. The van der Waals surface area contributed by atoms with E-state index in [9.17, 15) is 13.2 Å². The van der Waals surface area contributed by atoms with Gasteiger partial charge in [0.25, 0.3) is 0 Å². The number of hydrogen-bond acceptors (Lipinski definition) is 6. The highest BCUT2D eigenvalue weighted by atomic mass is 32.2. The van der Waals surface area contributed by atoms with Gasteiger partial charge in [-0.2, -0.15) is 0 Å². The third kappa shape index (κ3) is 5.95. The fourth-order valence-electron chi connectivity index (χ4n) is 10.5. The maximum absolute atomic E-state index is 14.3. The summed E-state index contributed by atoms with van der Waals surface area (Å²) in [5.41, 5.74) is 0. The normalized spacial score (nSPS) is 46.0. The second-order valence-corrected chi connectivity index (χ2v) is 17.3. The molecule has 8 unspecified atom stereocenters. The predicted molar refractivity (Wildman–Crippen MR) is 164 cm³/mol. The Labute approximate surface area is 255 Å². The van der Waals surface area contributed by atoms with Crippen LogP contribution in [-0.2, 0) is 24.3 Å². The molecule has 3 saturated carbocycles. The third-order valence-electron chi connectivity index (χ3n) is 13.0. The Morgan fingerprint density at radius 1 is 0.929 bits per heavy atom. The number of morpholine rings is 1. The van der Waals surface area contributed by atoms with Gasteiger partial charge in [0, 0.05) is 32.3 Å². The molecule has 42 heavy (non-hydrogen) atoms. The van der Waals surface area contributed by atoms with Gasteiger partial charge in [0.1, 0.15) is 6.61 Å². The van der Waals surface area contributed by atoms with Gasteiger partial charge in [-0.15, -0.1) is 0 Å². The minimum atomic E-state index is -3.50. The first-order chi connectivity index (χ1) is 20.2. The zero-order valence-corrected chi connectivity index (χ0v) is 27.4. The predicted octanol–water partition coefficient (Wildman–Crippen LogP) is 4.29. The van der Waals surface area contributed by atoms with Gasteiger partial charge in [-0.1, -0.05) is 33.6 Å². The van der Waals surface area contributed by atoms with Crippen LogP contribution in [0.5, 0.6) is 0 Å². The Bertz CT molecular complexity index is 1050. The number of amides is 1. The lowest BCUT2D eigenvalue weighted by Crippen LogP contribution is -2.71. The van der Waals surface area contributed by atoms with Gasteiger partial charge in [0.05, 0.1) is 24.0 Å². The van der Waals surface area contributed by atoms with Crippen LogP contribution in [0.2, 0.25) is 0 Å². The number of methoxy groups -OCH3 is 1. The molecule has 0 aromatic rings. The number of ether oxygens (including phenoxy) is 2. The van der Waals surface area contributed by atoms with Crippen molar-refractivity contribution in [2.45, 2.75) is 121 Å². The summed E-state index contributed by atoms with van der Waals surface area (Å²) in [5.74, 6) is 4.53. The van der Waals surface area contributed by atoms with E-state index in [4.69, 9.17) is 9.47 Å². The number of nitrogens with zero attached hydrogens (tertiary/aromatic N) is 2. The van der Waals surface area contributed by atoms with Crippen molar-refractivity contribution in [3.63, 3.8) is 0 Å². The third-order valence-corrected chi connectivity index (χ3v) is 15.4. The van der Waals surface area contributed by atoms with Gasteiger partial charge < -0.3 is 14.8 Å². The molecule has 3 heterocycles. The Kier molecular flexibility index (Phi) is 9.63. The van der Waals surface area contributed by atoms with Crippen LogP contribution in [0.15, 0.2) is 0 Å². The molecule has 6 aliphatic rings. The minimum Gasteiger partial charge on any atom is -0.383 e. The molecule has 0 aromatic heterocycles. The van der Waals surface area contributed by atoms with E-state index >= 15 is 0 Å². The van der Waals surface area contributed by atoms with Gasteiger partial charge in [-0.3, -0.25) is 9.69 Å². The second kappa shape index (κ2) is 12.9. The molecule has 0 bridgehead atoms. The average Bonchev–Trinajstić information content (AvgIpc) is 2.95. The molecule has 0 aromatic carbocycles. The molecule has 1 N–H and O–H groups in total. The summed E-state index contributed by atoms with van der Waals surface area (Å²) in [6.07, 6.45) is 12.3. The number of carbonyl (C=O) groups excluding carboxylic acids is 1. The van der Waals surface area contributed by atoms with Crippen molar-refractivity contribution in [1.29, 1.82) is 0 Å². The highest BCUT2D eigenvalue weighted by Gasteiger charge is 2.54. The van der Waals surface area contributed by atoms with Crippen molar-refractivity contribution in [2.75, 3.05) is 40.0 Å². The van der Waals surface area contributed by atoms with Crippen molar-refractivity contribution in [3.8, 4) is 0 Å². The molecule has 10 atom stereocenters. The summed E-state index contributed by atoms with van der Waals surface area (Å²) in [6.45, 7) is 10.1. The van der Waals surface area contributed by atoms with Crippen LogP contribution >= 0.6 is 0 Å². The molecule has 8 nitrogen and oxygen atoms in total. The van der Waals surface area contributed by atoms with Gasteiger partial charge >= 0.3 is 0 Å². The van der Waals surface area contributed by atoms with E-state index in [1.807, 2.05) is 18.3 Å². The topological polar surface area (TPSA) is 88.2 Å². The standard InChI is InChI=1S/C33H57N3O5S/c1-21-8-7-9-26(23(21)3)24-10-12-25(13-11-24)33-28-18-35(14-5-6-15-36(28)29(33)19-40-4)42(38,39)31-17-30-27(16-22(31)2)34-32(37)20-41-30/h21-31,33H,5-20H2,1-4H3,(H,34,37)/t21?,22?,23?,24?,25?,26?,27?,28?,29-,30?,31?,33+/m1/s1. The molecule has 3 aliphatic carbocycles. The first-order valence-electron chi connectivity index (χ1n) is 17.3. The number of rotatable bonds is 6. The maximum Gasteiger partial charge on any atom is 0.246 e. The fraction of sp³-hybridized carbons (Fsp3) is 0.970. The maximum atomic E-state index is 14.3. The van der Waals surface area contributed by atoms with Crippen molar-refractivity contribution in [3.05, 3.63) is 0 Å². The summed E-state index contributed by atoms with van der Waals surface area (Å²) >= 11 is 0. The zero-order valence-electron chi connectivity index (χ0n) is 26.6. The van der Waals surface area contributed by atoms with Crippen LogP contribution in [0.25, 0.3) is 0 Å². The fourth-order valence-corrected chi connectivity index (χ4v) is 12.7. The summed E-state index contributed by atoms with van der Waals surface area (Å²) < 4.78 is 42.2. The number of sulfonamides is 1. The number of fused-ring (bicyclic) bond motifs is 2. The van der Waals surface area contributed by atoms with E-state index in [1.165, 1.54) is 44.9 Å². The lowest BCUT2D eigenvalue weighted by Gasteiger charge is -2.60. The van der Waals surface area contributed by atoms with E-state index in [-0.39, 0.29) is 36.6 Å². The van der Waals surface area contributed by atoms with Crippen molar-refractivity contribution >= 4 is 15.9 Å². The van der Waals surface area contributed by atoms with E-state index < -0.39 is 15.3 Å². The summed E-state index contributed by atoms with van der Waals surface area (Å²) in [6, 6.07) is 0.620. The largest absolute Gasteiger partial charge is 0.383 e. The summed E-state index contributed by atoms with van der Waals surface area (Å²) in [7, 11) is -1.68. The van der Waals surface area contributed by atoms with Crippen LogP contribution in [0.1, 0.15) is 91.4 Å². The smallest absolute Gasteiger partial charge is 0.246 e. The van der Waals surface area contributed by atoms with Crippen LogP contribution in [0.4, 0.5) is 0 Å². The summed E-state index contributed by atoms with van der Waals surface area (Å²) in [5, 5.41) is 2.58. The van der Waals surface area contributed by atoms with Crippen LogP contribution in [0, 0.1) is 41.4 Å². The van der Waals surface area contributed by atoms with E-state index in [0.29, 0.717) is 43.8 Å². The second-order valence-electron chi connectivity index (χ2n) is 15.1. The van der Waals surface area contributed by atoms with Crippen LogP contribution < -0.4 is 5.32 Å². The van der Waals surface area contributed by atoms with Gasteiger partial charge in [0.15, 0.2) is 0 Å². The van der Waals surface area contributed by atoms with E-state index in [1.54, 1.807) is 0 Å². The molecule has 0 radical (unpaired) electrons. The number of carbonyl (C=O) groups is 1. The van der Waals surface area contributed by atoms with Gasteiger partial charge in [0.2, 0.25) is 15.9 Å². The van der Waals surface area contributed by atoms with Crippen molar-refractivity contribution in [1.82, 2.24) is 14.5 Å². The highest BCUT2D eigenvalue weighted by Crippen LogP contribution is 2.50. The number of hydrogen-bond donors (Lipinski definition) is 1. The van der Waals surface area contributed by atoms with Crippen molar-refractivity contribution in [2.24, 2.45) is 41.4 Å². The average molecular weight is 608 g/mol. The molecule has 6 fully saturated rings. The lowest BCUT2D eigenvalue weighted by atomic mass is 9.60. The highest BCUT2D eigenvalue weighted by molar-refractivity contribution is 7.89. The molecule has 1 amide bonds. The van der Waals surface area contributed by atoms with E-state index in [2.05, 4.69) is 24.1 Å². The molecule has 3 aliphatic heterocycles. The molecule has 240 valence electrons.